The van der Waals surface area contributed by atoms with Crippen LogP contribution in [0.25, 0.3) is 10.9 Å². The van der Waals surface area contributed by atoms with Gasteiger partial charge in [-0.05, 0) is 60.4 Å². The Kier molecular flexibility index (Phi) is 6.95. The first-order valence-corrected chi connectivity index (χ1v) is 9.76. The molecule has 0 radical (unpaired) electrons. The lowest BCUT2D eigenvalue weighted by atomic mass is 10.1. The lowest BCUT2D eigenvalue weighted by Crippen LogP contribution is -2.41. The Labute approximate surface area is 174 Å². The van der Waals surface area contributed by atoms with E-state index in [0.29, 0.717) is 36.9 Å². The van der Waals surface area contributed by atoms with E-state index in [1.807, 2.05) is 36.1 Å². The van der Waals surface area contributed by atoms with Gasteiger partial charge in [0.2, 0.25) is 0 Å². The molecule has 2 N–H and O–H groups in total. The van der Waals surface area contributed by atoms with Crippen LogP contribution in [0, 0.1) is 12.7 Å². The van der Waals surface area contributed by atoms with Crippen LogP contribution in [-0.2, 0) is 17.8 Å². The van der Waals surface area contributed by atoms with Crippen LogP contribution in [0.3, 0.4) is 0 Å². The second kappa shape index (κ2) is 9.62. The molecule has 29 heavy (non-hydrogen) atoms. The number of fused-ring (bicyclic) bond motifs is 1. The van der Waals surface area contributed by atoms with Crippen LogP contribution in [0.15, 0.2) is 53.3 Å². The van der Waals surface area contributed by atoms with E-state index in [0.717, 1.165) is 22.0 Å². The number of thiocarbonyl (C=S) groups is 1. The van der Waals surface area contributed by atoms with Crippen LogP contribution in [0.5, 0.6) is 0 Å². The molecule has 7 heteroatoms. The molecule has 0 fully saturated rings. The van der Waals surface area contributed by atoms with Gasteiger partial charge in [-0.1, -0.05) is 23.8 Å². The molecule has 2 aromatic carbocycles. The van der Waals surface area contributed by atoms with Crippen molar-refractivity contribution < 1.29 is 9.13 Å². The van der Waals surface area contributed by atoms with Gasteiger partial charge in [-0.25, -0.2) is 4.39 Å². The summed E-state index contributed by atoms with van der Waals surface area (Å²) in [5, 5.41) is 4.63. The van der Waals surface area contributed by atoms with Gasteiger partial charge in [-0.3, -0.25) is 4.79 Å². The third-order valence-corrected chi connectivity index (χ3v) is 5.00. The van der Waals surface area contributed by atoms with E-state index in [4.69, 9.17) is 17.0 Å². The largest absolute Gasteiger partial charge is 0.383 e. The predicted octanol–water partition coefficient (Wildman–Crippen LogP) is 3.50. The van der Waals surface area contributed by atoms with Gasteiger partial charge in [0.05, 0.1) is 13.2 Å². The molecule has 0 atom stereocenters. The molecule has 152 valence electrons. The lowest BCUT2D eigenvalue weighted by Gasteiger charge is -2.26. The Morgan fingerprint density at radius 3 is 2.66 bits per heavy atom. The molecule has 0 unspecified atom stereocenters. The molecule has 1 heterocycles. The summed E-state index contributed by atoms with van der Waals surface area (Å²) in [4.78, 5) is 17.4. The topological polar surface area (TPSA) is 57.4 Å². The number of nitrogens with one attached hydrogen (secondary N) is 2. The number of hydrogen-bond donors (Lipinski definition) is 2. The fourth-order valence-corrected chi connectivity index (χ4v) is 3.31. The van der Waals surface area contributed by atoms with E-state index in [2.05, 4.69) is 10.3 Å². The van der Waals surface area contributed by atoms with E-state index < -0.39 is 0 Å². The van der Waals surface area contributed by atoms with Crippen molar-refractivity contribution in [2.75, 3.05) is 20.3 Å². The number of rotatable bonds is 7. The van der Waals surface area contributed by atoms with Gasteiger partial charge in [-0.15, -0.1) is 0 Å². The number of aromatic amines is 1. The molecular formula is C22H24FN3O2S. The van der Waals surface area contributed by atoms with Crippen molar-refractivity contribution in [1.82, 2.24) is 15.2 Å². The summed E-state index contributed by atoms with van der Waals surface area (Å²) in [6.45, 7) is 3.86. The van der Waals surface area contributed by atoms with Gasteiger partial charge in [0.1, 0.15) is 5.82 Å². The highest BCUT2D eigenvalue weighted by molar-refractivity contribution is 7.80. The first kappa shape index (κ1) is 21.0. The first-order chi connectivity index (χ1) is 14.0. The van der Waals surface area contributed by atoms with Crippen LogP contribution in [0.2, 0.25) is 0 Å². The summed E-state index contributed by atoms with van der Waals surface area (Å²) in [6, 6.07) is 14.1. The lowest BCUT2D eigenvalue weighted by molar-refractivity contribution is 0.202. The number of pyridine rings is 1. The number of aromatic nitrogens is 1. The number of aryl methyl sites for hydroxylation is 1. The second-order valence-corrected chi connectivity index (χ2v) is 7.31. The van der Waals surface area contributed by atoms with Gasteiger partial charge < -0.3 is 19.9 Å². The summed E-state index contributed by atoms with van der Waals surface area (Å²) in [5.74, 6) is -0.289. The van der Waals surface area contributed by atoms with Gasteiger partial charge >= 0.3 is 0 Å². The average Bonchev–Trinajstić information content (AvgIpc) is 2.70. The van der Waals surface area contributed by atoms with Crippen LogP contribution in [0.4, 0.5) is 4.39 Å². The number of ether oxygens (including phenoxy) is 1. The van der Waals surface area contributed by atoms with Crippen LogP contribution in [0.1, 0.15) is 16.7 Å². The van der Waals surface area contributed by atoms with Gasteiger partial charge in [0.15, 0.2) is 5.11 Å². The Morgan fingerprint density at radius 2 is 1.93 bits per heavy atom. The minimum Gasteiger partial charge on any atom is -0.383 e. The minimum atomic E-state index is -0.289. The van der Waals surface area contributed by atoms with E-state index in [-0.39, 0.29) is 11.4 Å². The van der Waals surface area contributed by atoms with E-state index in [1.165, 1.54) is 12.1 Å². The number of benzene rings is 2. The molecule has 3 rings (SSSR count). The van der Waals surface area contributed by atoms with Crippen molar-refractivity contribution in [1.29, 1.82) is 0 Å². The van der Waals surface area contributed by atoms with Crippen molar-refractivity contribution in [3.63, 3.8) is 0 Å². The summed E-state index contributed by atoms with van der Waals surface area (Å²) in [6.07, 6.45) is 0. The molecule has 0 aliphatic carbocycles. The summed E-state index contributed by atoms with van der Waals surface area (Å²) < 4.78 is 18.3. The molecule has 0 amide bonds. The average molecular weight is 414 g/mol. The Hall–Kier alpha value is -2.77. The Bertz CT molecular complexity index is 1050. The third kappa shape index (κ3) is 5.62. The number of nitrogens with zero attached hydrogens (tertiary/aromatic N) is 1. The smallest absolute Gasteiger partial charge is 0.253 e. The second-order valence-electron chi connectivity index (χ2n) is 6.92. The highest BCUT2D eigenvalue weighted by Gasteiger charge is 2.14. The van der Waals surface area contributed by atoms with Crippen molar-refractivity contribution in [3.8, 4) is 0 Å². The molecular weight excluding hydrogens is 389 g/mol. The quantitative estimate of drug-likeness (QED) is 0.459. The zero-order valence-electron chi connectivity index (χ0n) is 16.5. The number of H-pyrrole nitrogens is 1. The molecule has 3 aromatic rings. The Morgan fingerprint density at radius 1 is 1.17 bits per heavy atom. The predicted molar refractivity (Wildman–Crippen MR) is 117 cm³/mol. The molecule has 0 aliphatic rings. The standard InChI is InChI=1S/C22H24FN3O2S/c1-15-3-8-20-17(11-15)12-18(21(27)25-20)14-26(22(29)24-9-10-28-2)13-16-4-6-19(23)7-5-16/h3-8,11-12H,9-10,13-14H2,1-2H3,(H,24,29)(H,25,27). The number of methoxy groups -OCH3 is 1. The highest BCUT2D eigenvalue weighted by atomic mass is 32.1. The van der Waals surface area contributed by atoms with Gasteiger partial charge in [-0.2, -0.15) is 0 Å². The molecule has 0 aliphatic heterocycles. The Balaban J connectivity index is 1.87. The van der Waals surface area contributed by atoms with E-state index in [1.54, 1.807) is 19.2 Å². The van der Waals surface area contributed by atoms with Crippen molar-refractivity contribution >= 4 is 28.2 Å². The van der Waals surface area contributed by atoms with Crippen molar-refractivity contribution in [3.05, 3.63) is 81.4 Å². The summed E-state index contributed by atoms with van der Waals surface area (Å²) in [7, 11) is 1.62. The van der Waals surface area contributed by atoms with Crippen molar-refractivity contribution in [2.45, 2.75) is 20.0 Å². The molecule has 0 saturated heterocycles. The maximum absolute atomic E-state index is 13.3. The normalized spacial score (nSPS) is 10.9. The van der Waals surface area contributed by atoms with Crippen LogP contribution >= 0.6 is 12.2 Å². The fourth-order valence-electron chi connectivity index (χ4n) is 3.08. The molecule has 5 nitrogen and oxygen atoms in total. The van der Waals surface area contributed by atoms with E-state index in [9.17, 15) is 9.18 Å². The number of hydrogen-bond acceptors (Lipinski definition) is 3. The molecule has 0 saturated carbocycles. The molecule has 0 bridgehead atoms. The third-order valence-electron chi connectivity index (χ3n) is 4.59. The molecule has 1 aromatic heterocycles. The SMILES string of the molecule is COCCNC(=S)N(Cc1ccc(F)cc1)Cc1cc2cc(C)ccc2[nH]c1=O. The van der Waals surface area contributed by atoms with Crippen LogP contribution < -0.4 is 10.9 Å². The first-order valence-electron chi connectivity index (χ1n) is 9.35. The maximum Gasteiger partial charge on any atom is 0.253 e. The minimum absolute atomic E-state index is 0.148. The van der Waals surface area contributed by atoms with E-state index >= 15 is 0 Å². The number of halogens is 1. The highest BCUT2D eigenvalue weighted by Crippen LogP contribution is 2.15. The summed E-state index contributed by atoms with van der Waals surface area (Å²) >= 11 is 5.55. The fraction of sp³-hybridized carbons (Fsp3) is 0.273. The molecule has 0 spiro atoms. The zero-order chi connectivity index (χ0) is 20.8. The summed E-state index contributed by atoms with van der Waals surface area (Å²) in [5.41, 5.74) is 3.28. The van der Waals surface area contributed by atoms with Crippen LogP contribution in [-0.4, -0.2) is 35.3 Å². The van der Waals surface area contributed by atoms with Gasteiger partial charge in [0, 0.05) is 31.3 Å². The zero-order valence-corrected chi connectivity index (χ0v) is 17.3. The van der Waals surface area contributed by atoms with Crippen molar-refractivity contribution in [2.24, 2.45) is 0 Å². The monoisotopic (exact) mass is 413 g/mol. The maximum atomic E-state index is 13.3. The van der Waals surface area contributed by atoms with Gasteiger partial charge in [0.25, 0.3) is 5.56 Å².